The van der Waals surface area contributed by atoms with E-state index in [0.29, 0.717) is 23.3 Å². The third-order valence-electron chi connectivity index (χ3n) is 4.58. The molecule has 8 nitrogen and oxygen atoms in total. The SMILES string of the molecule is CC1(C)CC(=O)C2=C(C1)OC(N)=C(C#N)C2c1cc([N+](=O)[O-])ccc1Cl.CCO. The van der Waals surface area contributed by atoms with Gasteiger partial charge in [0.15, 0.2) is 5.78 Å². The Balaban J connectivity index is 0.000000941. The van der Waals surface area contributed by atoms with Crippen molar-refractivity contribution in [2.24, 2.45) is 11.1 Å². The number of nitrogens with zero attached hydrogens (tertiary/aromatic N) is 2. The Morgan fingerprint density at radius 3 is 2.62 bits per heavy atom. The highest BCUT2D eigenvalue weighted by Gasteiger charge is 2.43. The van der Waals surface area contributed by atoms with Gasteiger partial charge in [-0.3, -0.25) is 14.9 Å². The molecule has 0 aromatic heterocycles. The summed E-state index contributed by atoms with van der Waals surface area (Å²) in [5, 5.41) is 28.5. The fourth-order valence-corrected chi connectivity index (χ4v) is 3.69. The number of nitro groups is 1. The van der Waals surface area contributed by atoms with Crippen molar-refractivity contribution in [3.8, 4) is 6.07 Å². The van der Waals surface area contributed by atoms with Crippen LogP contribution in [0.2, 0.25) is 5.02 Å². The van der Waals surface area contributed by atoms with Crippen molar-refractivity contribution in [1.82, 2.24) is 0 Å². The quantitative estimate of drug-likeness (QED) is 0.550. The first kappa shape index (κ1) is 22.4. The highest BCUT2D eigenvalue weighted by Crippen LogP contribution is 2.49. The zero-order valence-electron chi connectivity index (χ0n) is 16.4. The molecular formula is C20H22ClN3O5. The Bertz CT molecular complexity index is 959. The topological polar surface area (TPSA) is 139 Å². The third-order valence-corrected chi connectivity index (χ3v) is 4.92. The smallest absolute Gasteiger partial charge is 0.269 e. The highest BCUT2D eigenvalue weighted by atomic mass is 35.5. The number of nitro benzene ring substituents is 1. The number of ether oxygens (including phenoxy) is 1. The van der Waals surface area contributed by atoms with Gasteiger partial charge in [-0.2, -0.15) is 5.26 Å². The summed E-state index contributed by atoms with van der Waals surface area (Å²) in [5.41, 5.74) is 6.05. The number of aliphatic hydroxyl groups excluding tert-OH is 1. The van der Waals surface area contributed by atoms with Gasteiger partial charge in [0.1, 0.15) is 17.4 Å². The van der Waals surface area contributed by atoms with Gasteiger partial charge in [-0.1, -0.05) is 25.4 Å². The summed E-state index contributed by atoms with van der Waals surface area (Å²) in [7, 11) is 0. The Morgan fingerprint density at radius 1 is 1.45 bits per heavy atom. The van der Waals surface area contributed by atoms with Gasteiger partial charge in [-0.05, 0) is 24.0 Å². The lowest BCUT2D eigenvalue weighted by atomic mass is 9.70. The summed E-state index contributed by atoms with van der Waals surface area (Å²) in [6, 6.07) is 5.90. The molecular weight excluding hydrogens is 398 g/mol. The molecule has 3 N–H and O–H groups in total. The summed E-state index contributed by atoms with van der Waals surface area (Å²) < 4.78 is 5.59. The lowest BCUT2D eigenvalue weighted by Gasteiger charge is -2.37. The van der Waals surface area contributed by atoms with E-state index >= 15 is 0 Å². The number of nitrogens with two attached hydrogens (primary N) is 1. The van der Waals surface area contributed by atoms with Crippen LogP contribution in [0.4, 0.5) is 5.69 Å². The summed E-state index contributed by atoms with van der Waals surface area (Å²) >= 11 is 6.27. The van der Waals surface area contributed by atoms with Crippen LogP contribution in [0.3, 0.4) is 0 Å². The first-order valence-corrected chi connectivity index (χ1v) is 9.32. The van der Waals surface area contributed by atoms with E-state index in [1.54, 1.807) is 6.92 Å². The fourth-order valence-electron chi connectivity index (χ4n) is 3.46. The number of Topliss-reactive ketones (excluding diaryl/α,β-unsaturated/α-hetero) is 1. The van der Waals surface area contributed by atoms with Crippen molar-refractivity contribution in [3.05, 3.63) is 61.7 Å². The van der Waals surface area contributed by atoms with E-state index in [0.717, 1.165) is 0 Å². The van der Waals surface area contributed by atoms with E-state index in [1.165, 1.54) is 18.2 Å². The highest BCUT2D eigenvalue weighted by molar-refractivity contribution is 6.31. The van der Waals surface area contributed by atoms with Crippen molar-refractivity contribution in [2.45, 2.75) is 39.5 Å². The van der Waals surface area contributed by atoms with E-state index in [9.17, 15) is 20.2 Å². The number of hydrogen-bond donors (Lipinski definition) is 2. The van der Waals surface area contributed by atoms with Crippen LogP contribution in [-0.2, 0) is 9.53 Å². The summed E-state index contributed by atoms with van der Waals surface area (Å²) in [5.74, 6) is -0.761. The molecule has 1 aromatic carbocycles. The molecule has 154 valence electrons. The monoisotopic (exact) mass is 419 g/mol. The number of allylic oxidation sites excluding steroid dienone is 3. The molecule has 0 amide bonds. The maximum atomic E-state index is 12.8. The number of hydrogen-bond acceptors (Lipinski definition) is 7. The fraction of sp³-hybridized carbons (Fsp3) is 0.400. The molecule has 2 aliphatic rings. The lowest BCUT2D eigenvalue weighted by Crippen LogP contribution is -2.33. The molecule has 0 saturated heterocycles. The van der Waals surface area contributed by atoms with Gasteiger partial charge in [0.05, 0.1) is 10.8 Å². The summed E-state index contributed by atoms with van der Waals surface area (Å²) in [6.07, 6.45) is 0.743. The van der Waals surface area contributed by atoms with Crippen LogP contribution in [0.25, 0.3) is 0 Å². The molecule has 1 atom stereocenters. The van der Waals surface area contributed by atoms with Crippen molar-refractivity contribution in [2.75, 3.05) is 6.61 Å². The van der Waals surface area contributed by atoms with E-state index < -0.39 is 10.8 Å². The van der Waals surface area contributed by atoms with Gasteiger partial charge >= 0.3 is 0 Å². The van der Waals surface area contributed by atoms with Gasteiger partial charge in [0, 0.05) is 42.2 Å². The van der Waals surface area contributed by atoms with Crippen molar-refractivity contribution in [1.29, 1.82) is 5.26 Å². The number of halogens is 1. The minimum absolute atomic E-state index is 0.0270. The number of rotatable bonds is 2. The molecule has 3 rings (SSSR count). The van der Waals surface area contributed by atoms with Crippen LogP contribution in [0.15, 0.2) is 41.0 Å². The first-order valence-electron chi connectivity index (χ1n) is 8.94. The lowest BCUT2D eigenvalue weighted by molar-refractivity contribution is -0.384. The molecule has 1 heterocycles. The second-order valence-corrected chi connectivity index (χ2v) is 7.89. The standard InChI is InChI=1S/C18H16ClN3O4.C2H6O/c1-18(2)6-13(23)16-14(7-18)26-17(21)11(8-20)15(16)10-5-9(22(24)25)3-4-12(10)19;1-2-3/h3-5,15H,6-7,21H2,1-2H3;3H,2H2,1H3. The Morgan fingerprint density at radius 2 is 2.07 bits per heavy atom. The minimum Gasteiger partial charge on any atom is -0.444 e. The number of carbonyl (C=O) groups excluding carboxylic acids is 1. The Labute approximate surface area is 173 Å². The van der Waals surface area contributed by atoms with Crippen molar-refractivity contribution < 1.29 is 19.6 Å². The van der Waals surface area contributed by atoms with Crippen LogP contribution >= 0.6 is 11.6 Å². The molecule has 0 fully saturated rings. The van der Waals surface area contributed by atoms with Gasteiger partial charge in [-0.25, -0.2) is 0 Å². The van der Waals surface area contributed by atoms with Gasteiger partial charge < -0.3 is 15.6 Å². The second-order valence-electron chi connectivity index (χ2n) is 7.48. The number of non-ortho nitro benzene ring substituents is 1. The van der Waals surface area contributed by atoms with Crippen LogP contribution in [-0.4, -0.2) is 22.4 Å². The molecule has 1 unspecified atom stereocenters. The maximum Gasteiger partial charge on any atom is 0.269 e. The molecule has 0 bridgehead atoms. The van der Waals surface area contributed by atoms with Crippen LogP contribution in [0, 0.1) is 26.9 Å². The first-order chi connectivity index (χ1) is 13.6. The second kappa shape index (κ2) is 8.64. The molecule has 1 aliphatic heterocycles. The van der Waals surface area contributed by atoms with Gasteiger partial charge in [0.2, 0.25) is 5.88 Å². The van der Waals surface area contributed by atoms with Crippen LogP contribution < -0.4 is 5.73 Å². The average molecular weight is 420 g/mol. The van der Waals surface area contributed by atoms with E-state index in [1.807, 2.05) is 19.9 Å². The number of carbonyl (C=O) groups is 1. The largest absolute Gasteiger partial charge is 0.444 e. The molecule has 9 heteroatoms. The number of ketones is 1. The Hall–Kier alpha value is -2.89. The molecule has 0 saturated carbocycles. The zero-order chi connectivity index (χ0) is 21.9. The maximum absolute atomic E-state index is 12.8. The van der Waals surface area contributed by atoms with E-state index in [4.69, 9.17) is 27.2 Å². The minimum atomic E-state index is -0.875. The normalized spacial score (nSPS) is 20.1. The molecule has 0 spiro atoms. The zero-order valence-corrected chi connectivity index (χ0v) is 17.1. The van der Waals surface area contributed by atoms with Crippen LogP contribution in [0.5, 0.6) is 0 Å². The van der Waals surface area contributed by atoms with Crippen molar-refractivity contribution in [3.63, 3.8) is 0 Å². The molecule has 0 radical (unpaired) electrons. The third kappa shape index (κ3) is 4.58. The van der Waals surface area contributed by atoms with Gasteiger partial charge in [0.25, 0.3) is 5.69 Å². The predicted octanol–water partition coefficient (Wildman–Crippen LogP) is 3.70. The Kier molecular flexibility index (Phi) is 6.67. The van der Waals surface area contributed by atoms with E-state index in [2.05, 4.69) is 0 Å². The van der Waals surface area contributed by atoms with E-state index in [-0.39, 0.29) is 46.4 Å². The predicted molar refractivity (Wildman–Crippen MR) is 107 cm³/mol. The summed E-state index contributed by atoms with van der Waals surface area (Å²) in [4.78, 5) is 23.4. The number of benzene rings is 1. The molecule has 1 aromatic rings. The van der Waals surface area contributed by atoms with Gasteiger partial charge in [-0.15, -0.1) is 0 Å². The average Bonchev–Trinajstić information content (AvgIpc) is 2.60. The number of aliphatic hydroxyl groups is 1. The number of nitriles is 1. The molecule has 1 aliphatic carbocycles. The summed E-state index contributed by atoms with van der Waals surface area (Å²) in [6.45, 7) is 5.81. The molecule has 29 heavy (non-hydrogen) atoms. The van der Waals surface area contributed by atoms with Crippen LogP contribution in [0.1, 0.15) is 45.1 Å². The van der Waals surface area contributed by atoms with Crippen molar-refractivity contribution >= 4 is 23.1 Å².